The van der Waals surface area contributed by atoms with Gasteiger partial charge in [-0.25, -0.2) is 9.18 Å². The largest absolute Gasteiger partial charge is 0.478 e. The molecule has 12 heavy (non-hydrogen) atoms. The number of rotatable bonds is 1. The fraction of sp³-hybridized carbons (Fsp3) is 0. The zero-order valence-electron chi connectivity index (χ0n) is 5.64. The molecular weight excluding hydrogens is 250 g/mol. The number of benzene rings is 1. The summed E-state index contributed by atoms with van der Waals surface area (Å²) in [6, 6.07) is 2.28. The van der Waals surface area contributed by atoms with Crippen molar-refractivity contribution in [3.05, 3.63) is 33.0 Å². The van der Waals surface area contributed by atoms with Crippen molar-refractivity contribution in [2.24, 2.45) is 0 Å². The molecule has 5 heteroatoms. The summed E-state index contributed by atoms with van der Waals surface area (Å²) >= 11 is 8.36. The van der Waals surface area contributed by atoms with Gasteiger partial charge in [-0.3, -0.25) is 0 Å². The quantitative estimate of drug-likeness (QED) is 0.835. The fourth-order valence-corrected chi connectivity index (χ4v) is 1.69. The van der Waals surface area contributed by atoms with E-state index >= 15 is 0 Å². The van der Waals surface area contributed by atoms with Gasteiger partial charge in [-0.1, -0.05) is 11.6 Å². The van der Waals surface area contributed by atoms with Gasteiger partial charge < -0.3 is 5.11 Å². The Labute approximate surface area is 81.1 Å². The van der Waals surface area contributed by atoms with Crippen molar-refractivity contribution in [2.75, 3.05) is 0 Å². The molecule has 0 fully saturated rings. The molecule has 0 aliphatic carbocycles. The maximum Gasteiger partial charge on any atom is 0.339 e. The number of hydrogen-bond acceptors (Lipinski definition) is 1. The molecule has 0 aromatic heterocycles. The molecule has 2 nitrogen and oxygen atoms in total. The molecule has 0 unspecified atom stereocenters. The Morgan fingerprint density at radius 1 is 1.58 bits per heavy atom. The van der Waals surface area contributed by atoms with Crippen molar-refractivity contribution in [3.63, 3.8) is 0 Å². The van der Waals surface area contributed by atoms with Crippen LogP contribution in [0.2, 0.25) is 5.02 Å². The lowest BCUT2D eigenvalue weighted by Crippen LogP contribution is -2.01. The van der Waals surface area contributed by atoms with E-state index in [4.69, 9.17) is 16.7 Å². The van der Waals surface area contributed by atoms with Crippen molar-refractivity contribution < 1.29 is 14.3 Å². The topological polar surface area (TPSA) is 37.3 Å². The Morgan fingerprint density at radius 2 is 2.17 bits per heavy atom. The first-order valence-electron chi connectivity index (χ1n) is 2.90. The SMILES string of the molecule is O=C(O)c1c(F)cc(Cl)cc1Br. The second-order valence-corrected chi connectivity index (χ2v) is 3.34. The second kappa shape index (κ2) is 3.41. The van der Waals surface area contributed by atoms with Gasteiger partial charge in [0.2, 0.25) is 0 Å². The van der Waals surface area contributed by atoms with Crippen molar-refractivity contribution >= 4 is 33.5 Å². The minimum Gasteiger partial charge on any atom is -0.478 e. The van der Waals surface area contributed by atoms with E-state index in [1.54, 1.807) is 0 Å². The molecule has 0 atom stereocenters. The number of carboxylic acids is 1. The van der Waals surface area contributed by atoms with Gasteiger partial charge in [0.15, 0.2) is 0 Å². The molecule has 0 saturated carbocycles. The van der Waals surface area contributed by atoms with Crippen molar-refractivity contribution in [3.8, 4) is 0 Å². The summed E-state index contributed by atoms with van der Waals surface area (Å²) in [4.78, 5) is 10.4. The van der Waals surface area contributed by atoms with Crippen LogP contribution in [-0.4, -0.2) is 11.1 Å². The summed E-state index contributed by atoms with van der Waals surface area (Å²) in [5.41, 5.74) is -0.403. The Balaban J connectivity index is 3.38. The summed E-state index contributed by atoms with van der Waals surface area (Å²) in [5, 5.41) is 8.68. The first-order valence-corrected chi connectivity index (χ1v) is 4.07. The molecule has 0 heterocycles. The minimum atomic E-state index is -1.32. The van der Waals surface area contributed by atoms with Gasteiger partial charge >= 0.3 is 5.97 Å². The van der Waals surface area contributed by atoms with E-state index in [9.17, 15) is 9.18 Å². The third kappa shape index (κ3) is 1.76. The van der Waals surface area contributed by atoms with Crippen molar-refractivity contribution in [2.45, 2.75) is 0 Å². The monoisotopic (exact) mass is 252 g/mol. The van der Waals surface area contributed by atoms with Crippen LogP contribution in [0.15, 0.2) is 16.6 Å². The highest BCUT2D eigenvalue weighted by Crippen LogP contribution is 2.24. The van der Waals surface area contributed by atoms with Gasteiger partial charge in [0.25, 0.3) is 0 Å². The molecule has 0 bridgehead atoms. The molecule has 0 spiro atoms. The van der Waals surface area contributed by atoms with Crippen LogP contribution in [0.4, 0.5) is 4.39 Å². The maximum atomic E-state index is 12.9. The summed E-state index contributed by atoms with van der Waals surface area (Å²) in [6.45, 7) is 0. The van der Waals surface area contributed by atoms with Gasteiger partial charge in [-0.05, 0) is 28.1 Å². The molecular formula is C7H3BrClFO2. The average molecular weight is 253 g/mol. The molecule has 1 aromatic rings. The number of carboxylic acid groups (broad SMARTS) is 1. The fourth-order valence-electron chi connectivity index (χ4n) is 0.747. The summed E-state index contributed by atoms with van der Waals surface area (Å²) < 4.78 is 13.0. The van der Waals surface area contributed by atoms with E-state index in [-0.39, 0.29) is 9.50 Å². The molecule has 1 aromatic carbocycles. The van der Waals surface area contributed by atoms with Crippen LogP contribution in [0.1, 0.15) is 10.4 Å². The number of carbonyl (C=O) groups is 1. The third-order valence-electron chi connectivity index (χ3n) is 1.22. The molecule has 0 amide bonds. The Kier molecular flexibility index (Phi) is 2.69. The molecule has 0 radical (unpaired) electrons. The van der Waals surface area contributed by atoms with Crippen LogP contribution in [0.5, 0.6) is 0 Å². The highest BCUT2D eigenvalue weighted by atomic mass is 79.9. The van der Waals surface area contributed by atoms with Gasteiger partial charge in [0.1, 0.15) is 11.4 Å². The van der Waals surface area contributed by atoms with Crippen LogP contribution in [-0.2, 0) is 0 Å². The van der Waals surface area contributed by atoms with Crippen LogP contribution in [0.3, 0.4) is 0 Å². The molecule has 64 valence electrons. The average Bonchev–Trinajstić information content (AvgIpc) is 1.82. The zero-order valence-corrected chi connectivity index (χ0v) is 7.99. The van der Waals surface area contributed by atoms with E-state index in [1.165, 1.54) is 6.07 Å². The molecule has 1 rings (SSSR count). The lowest BCUT2D eigenvalue weighted by molar-refractivity contribution is 0.0691. The van der Waals surface area contributed by atoms with E-state index in [2.05, 4.69) is 15.9 Å². The van der Waals surface area contributed by atoms with Crippen LogP contribution >= 0.6 is 27.5 Å². The second-order valence-electron chi connectivity index (χ2n) is 2.05. The van der Waals surface area contributed by atoms with Gasteiger partial charge in [-0.2, -0.15) is 0 Å². The molecule has 1 N–H and O–H groups in total. The van der Waals surface area contributed by atoms with Gasteiger partial charge in [0, 0.05) is 9.50 Å². The summed E-state index contributed by atoms with van der Waals surface area (Å²) in [5.74, 6) is -2.17. The first-order chi connectivity index (χ1) is 5.52. The number of hydrogen-bond donors (Lipinski definition) is 1. The summed E-state index contributed by atoms with van der Waals surface area (Å²) in [6.07, 6.45) is 0. The van der Waals surface area contributed by atoms with E-state index in [0.717, 1.165) is 6.07 Å². The number of halogens is 3. The first kappa shape index (κ1) is 9.48. The van der Waals surface area contributed by atoms with E-state index in [0.29, 0.717) is 0 Å². The smallest absolute Gasteiger partial charge is 0.339 e. The molecule has 0 aliphatic rings. The van der Waals surface area contributed by atoms with Crippen molar-refractivity contribution in [1.29, 1.82) is 0 Å². The lowest BCUT2D eigenvalue weighted by Gasteiger charge is -2.00. The van der Waals surface area contributed by atoms with Crippen LogP contribution in [0.25, 0.3) is 0 Å². The van der Waals surface area contributed by atoms with Crippen molar-refractivity contribution in [1.82, 2.24) is 0 Å². The zero-order chi connectivity index (χ0) is 9.30. The molecule has 0 saturated heterocycles. The van der Waals surface area contributed by atoms with E-state index in [1.807, 2.05) is 0 Å². The lowest BCUT2D eigenvalue weighted by atomic mass is 10.2. The standard InChI is InChI=1S/C7H3BrClFO2/c8-4-1-3(9)2-5(10)6(4)7(11)12/h1-2H,(H,11,12). The highest BCUT2D eigenvalue weighted by Gasteiger charge is 2.14. The van der Waals surface area contributed by atoms with Gasteiger partial charge in [0.05, 0.1) is 0 Å². The van der Waals surface area contributed by atoms with Gasteiger partial charge in [-0.15, -0.1) is 0 Å². The van der Waals surface area contributed by atoms with Crippen LogP contribution in [0, 0.1) is 5.82 Å². The highest BCUT2D eigenvalue weighted by molar-refractivity contribution is 9.10. The normalized spacial score (nSPS) is 9.92. The van der Waals surface area contributed by atoms with E-state index < -0.39 is 17.3 Å². The maximum absolute atomic E-state index is 12.9. The Morgan fingerprint density at radius 3 is 2.58 bits per heavy atom. The summed E-state index contributed by atoms with van der Waals surface area (Å²) in [7, 11) is 0. The Hall–Kier alpha value is -0.610. The van der Waals surface area contributed by atoms with Crippen LogP contribution < -0.4 is 0 Å². The predicted molar refractivity (Wildman–Crippen MR) is 46.1 cm³/mol. The number of aromatic carboxylic acids is 1. The minimum absolute atomic E-state index is 0.139. The third-order valence-corrected chi connectivity index (χ3v) is 2.06. The Bertz CT molecular complexity index is 317. The molecule has 0 aliphatic heterocycles. The predicted octanol–water partition coefficient (Wildman–Crippen LogP) is 2.94.